The Morgan fingerprint density at radius 3 is 3.09 bits per heavy atom. The summed E-state index contributed by atoms with van der Waals surface area (Å²) in [5, 5.41) is 0. The highest BCUT2D eigenvalue weighted by atomic mass is 79.9. The van der Waals surface area contributed by atoms with Crippen LogP contribution in [0.15, 0.2) is 0 Å². The summed E-state index contributed by atoms with van der Waals surface area (Å²) in [6, 6.07) is 0.385. The third kappa shape index (κ3) is 1.23. The number of carbonyl (C=O) groups excluding carboxylic acids is 1. The molecule has 0 bridgehead atoms. The van der Waals surface area contributed by atoms with Gasteiger partial charge in [0, 0.05) is 18.5 Å². The normalized spacial score (nSPS) is 44.1. The van der Waals surface area contributed by atoms with E-state index in [0.29, 0.717) is 11.8 Å². The van der Waals surface area contributed by atoms with E-state index in [1.807, 2.05) is 0 Å². The first-order chi connectivity index (χ1) is 5.29. The number of hydrogen-bond donors (Lipinski definition) is 2. The maximum absolute atomic E-state index is 11.5. The van der Waals surface area contributed by atoms with Gasteiger partial charge in [0.25, 0.3) is 0 Å². The summed E-state index contributed by atoms with van der Waals surface area (Å²) < 4.78 is 0. The maximum atomic E-state index is 11.5. The topological polar surface area (TPSA) is 41.1 Å². The molecular weight excluding hydrogens is 208 g/mol. The molecule has 0 amide bonds. The Morgan fingerprint density at radius 1 is 1.45 bits per heavy atom. The fraction of sp³-hybridized carbons (Fsp3) is 0.857. The van der Waals surface area contributed by atoms with E-state index in [1.165, 1.54) is 0 Å². The molecule has 1 saturated heterocycles. The molecule has 1 aliphatic carbocycles. The zero-order chi connectivity index (χ0) is 7.84. The van der Waals surface area contributed by atoms with E-state index >= 15 is 0 Å². The van der Waals surface area contributed by atoms with Crippen LogP contribution in [0.25, 0.3) is 0 Å². The first kappa shape index (κ1) is 7.71. The number of fused-ring (bicyclic) bond motifs is 1. The average Bonchev–Trinajstić information content (AvgIpc) is 2.45. The van der Waals surface area contributed by atoms with Gasteiger partial charge in [0.1, 0.15) is 0 Å². The highest BCUT2D eigenvalue weighted by Gasteiger charge is 2.39. The quantitative estimate of drug-likeness (QED) is 0.572. The van der Waals surface area contributed by atoms with Crippen molar-refractivity contribution in [2.75, 3.05) is 6.54 Å². The number of rotatable bonds is 0. The molecule has 3 atom stereocenters. The van der Waals surface area contributed by atoms with Gasteiger partial charge in [0.2, 0.25) is 0 Å². The van der Waals surface area contributed by atoms with Crippen molar-refractivity contribution < 1.29 is 4.79 Å². The van der Waals surface area contributed by atoms with Gasteiger partial charge in [-0.2, -0.15) is 0 Å². The van der Waals surface area contributed by atoms with Crippen molar-refractivity contribution in [3.05, 3.63) is 0 Å². The molecule has 1 heterocycles. The molecule has 62 valence electrons. The Bertz CT molecular complexity index is 185. The average molecular weight is 219 g/mol. The zero-order valence-electron chi connectivity index (χ0n) is 6.14. The molecule has 2 N–H and O–H groups in total. The molecule has 0 aromatic rings. The van der Waals surface area contributed by atoms with E-state index in [-0.39, 0.29) is 10.7 Å². The lowest BCUT2D eigenvalue weighted by atomic mass is 9.85. The molecule has 1 aliphatic heterocycles. The molecule has 3 unspecified atom stereocenters. The predicted octanol–water partition coefficient (Wildman–Crippen LogP) is 0.205. The largest absolute Gasteiger partial charge is 0.298 e. The minimum atomic E-state index is 0.102. The van der Waals surface area contributed by atoms with Crippen molar-refractivity contribution in [1.82, 2.24) is 10.9 Å². The van der Waals surface area contributed by atoms with Crippen molar-refractivity contribution in [3.8, 4) is 0 Å². The Labute approximate surface area is 74.0 Å². The van der Waals surface area contributed by atoms with Gasteiger partial charge in [-0.3, -0.25) is 15.6 Å². The summed E-state index contributed by atoms with van der Waals surface area (Å²) in [6.07, 6.45) is 2.06. The standard InChI is InChI=1S/C7H11BrN2O/c8-5-1-2-6-4(7(5)11)3-9-10-6/h4-6,9-10H,1-3H2. The van der Waals surface area contributed by atoms with Crippen LogP contribution in [0.1, 0.15) is 12.8 Å². The summed E-state index contributed by atoms with van der Waals surface area (Å²) in [5.41, 5.74) is 6.14. The lowest BCUT2D eigenvalue weighted by Crippen LogP contribution is -2.41. The minimum absolute atomic E-state index is 0.102. The van der Waals surface area contributed by atoms with Crippen LogP contribution in [0.5, 0.6) is 0 Å². The molecule has 11 heavy (non-hydrogen) atoms. The number of alkyl halides is 1. The molecule has 1 saturated carbocycles. The van der Waals surface area contributed by atoms with E-state index in [1.54, 1.807) is 0 Å². The van der Waals surface area contributed by atoms with Crippen LogP contribution in [0.3, 0.4) is 0 Å². The van der Waals surface area contributed by atoms with Crippen molar-refractivity contribution in [2.45, 2.75) is 23.7 Å². The van der Waals surface area contributed by atoms with Crippen LogP contribution >= 0.6 is 15.9 Å². The van der Waals surface area contributed by atoms with Gasteiger partial charge in [0.05, 0.1) is 4.83 Å². The summed E-state index contributed by atoms with van der Waals surface area (Å²) in [6.45, 7) is 0.797. The summed E-state index contributed by atoms with van der Waals surface area (Å²) in [5.74, 6) is 0.562. The number of hydrogen-bond acceptors (Lipinski definition) is 3. The van der Waals surface area contributed by atoms with Crippen LogP contribution in [-0.2, 0) is 4.79 Å². The first-order valence-corrected chi connectivity index (χ1v) is 4.87. The van der Waals surface area contributed by atoms with Crippen molar-refractivity contribution >= 4 is 21.7 Å². The first-order valence-electron chi connectivity index (χ1n) is 3.95. The third-order valence-corrected chi connectivity index (χ3v) is 3.41. The van der Waals surface area contributed by atoms with Crippen molar-refractivity contribution in [1.29, 1.82) is 0 Å². The van der Waals surface area contributed by atoms with Crippen LogP contribution in [0.2, 0.25) is 0 Å². The number of halogens is 1. The molecule has 2 fully saturated rings. The Balaban J connectivity index is 2.12. The molecule has 2 aliphatic rings. The lowest BCUT2D eigenvalue weighted by Gasteiger charge is -2.25. The molecule has 0 aromatic carbocycles. The van der Waals surface area contributed by atoms with Crippen LogP contribution in [0, 0.1) is 5.92 Å². The second kappa shape index (κ2) is 2.84. The van der Waals surface area contributed by atoms with Gasteiger partial charge >= 0.3 is 0 Å². The molecule has 2 rings (SSSR count). The van der Waals surface area contributed by atoms with Gasteiger partial charge in [-0.25, -0.2) is 0 Å². The third-order valence-electron chi connectivity index (χ3n) is 2.50. The van der Waals surface area contributed by atoms with Gasteiger partial charge in [-0.05, 0) is 12.8 Å². The SMILES string of the molecule is O=C1C(Br)CCC2NNCC12. The second-order valence-corrected chi connectivity index (χ2v) is 4.29. The molecule has 4 heteroatoms. The lowest BCUT2D eigenvalue weighted by molar-refractivity contribution is -0.123. The van der Waals surface area contributed by atoms with Crippen molar-refractivity contribution in [2.24, 2.45) is 5.92 Å². The number of ketones is 1. The monoisotopic (exact) mass is 218 g/mol. The smallest absolute Gasteiger partial charge is 0.152 e. The van der Waals surface area contributed by atoms with E-state index in [2.05, 4.69) is 26.8 Å². The van der Waals surface area contributed by atoms with Crippen LogP contribution < -0.4 is 10.9 Å². The fourth-order valence-corrected chi connectivity index (χ4v) is 2.42. The predicted molar refractivity (Wildman–Crippen MR) is 45.4 cm³/mol. The minimum Gasteiger partial charge on any atom is -0.298 e. The maximum Gasteiger partial charge on any atom is 0.152 e. The number of nitrogens with one attached hydrogen (secondary N) is 2. The Kier molecular flexibility index (Phi) is 1.99. The second-order valence-electron chi connectivity index (χ2n) is 3.19. The van der Waals surface area contributed by atoms with E-state index in [4.69, 9.17) is 0 Å². The highest BCUT2D eigenvalue weighted by molar-refractivity contribution is 9.10. The zero-order valence-corrected chi connectivity index (χ0v) is 7.73. The number of carbonyl (C=O) groups is 1. The molecule has 3 nitrogen and oxygen atoms in total. The van der Waals surface area contributed by atoms with Crippen LogP contribution in [0.4, 0.5) is 0 Å². The Hall–Kier alpha value is 0.0700. The Morgan fingerprint density at radius 2 is 2.27 bits per heavy atom. The molecule has 0 spiro atoms. The molecular formula is C7H11BrN2O. The van der Waals surface area contributed by atoms with Crippen molar-refractivity contribution in [3.63, 3.8) is 0 Å². The molecule has 0 radical (unpaired) electrons. The summed E-state index contributed by atoms with van der Waals surface area (Å²) >= 11 is 3.39. The number of hydrazine groups is 1. The summed E-state index contributed by atoms with van der Waals surface area (Å²) in [7, 11) is 0. The summed E-state index contributed by atoms with van der Waals surface area (Å²) in [4.78, 5) is 11.6. The number of Topliss-reactive ketones (excluding diaryl/α,β-unsaturated/α-hetero) is 1. The van der Waals surface area contributed by atoms with E-state index in [9.17, 15) is 4.79 Å². The van der Waals surface area contributed by atoms with Gasteiger partial charge in [-0.15, -0.1) is 0 Å². The van der Waals surface area contributed by atoms with Gasteiger partial charge in [0.15, 0.2) is 5.78 Å². The van der Waals surface area contributed by atoms with Gasteiger partial charge < -0.3 is 0 Å². The highest BCUT2D eigenvalue weighted by Crippen LogP contribution is 2.27. The van der Waals surface area contributed by atoms with Gasteiger partial charge in [-0.1, -0.05) is 15.9 Å². The van der Waals surface area contributed by atoms with E-state index < -0.39 is 0 Å². The fourth-order valence-electron chi connectivity index (χ4n) is 1.82. The molecule has 0 aromatic heterocycles. The van der Waals surface area contributed by atoms with E-state index in [0.717, 1.165) is 19.4 Å². The van der Waals surface area contributed by atoms with Crippen LogP contribution in [-0.4, -0.2) is 23.2 Å².